The molecule has 12 nitrogen and oxygen atoms in total. The molecule has 0 atom stereocenters. The van der Waals surface area contributed by atoms with E-state index in [9.17, 15) is 10.1 Å². The Bertz CT molecular complexity index is 2380. The van der Waals surface area contributed by atoms with Crippen molar-refractivity contribution in [2.24, 2.45) is 0 Å². The third-order valence-corrected chi connectivity index (χ3v) is 10.9. The molecule has 0 radical (unpaired) electrons. The number of hydrogen-bond acceptors (Lipinski definition) is 9. The summed E-state index contributed by atoms with van der Waals surface area (Å²) in [5.74, 6) is 1.81. The van der Waals surface area contributed by atoms with E-state index in [4.69, 9.17) is 15.2 Å². The number of nitrogens with zero attached hydrogens (tertiary/aromatic N) is 3. The molecule has 0 aliphatic carbocycles. The second-order valence-electron chi connectivity index (χ2n) is 16.0. The number of aromatic nitrogens is 4. The van der Waals surface area contributed by atoms with E-state index < -0.39 is 0 Å². The first kappa shape index (κ1) is 38.0. The van der Waals surface area contributed by atoms with Gasteiger partial charge in [-0.15, -0.1) is 0 Å². The minimum atomic E-state index is -0.366. The Morgan fingerprint density at radius 2 is 1.11 bits per heavy atom. The number of rotatable bonds is 9. The van der Waals surface area contributed by atoms with Gasteiger partial charge in [-0.1, -0.05) is 24.3 Å². The molecule has 4 heterocycles. The number of nitro groups is 1. The quantitative estimate of drug-likeness (QED) is 0.0548. The van der Waals surface area contributed by atoms with Crippen LogP contribution in [0.25, 0.3) is 22.5 Å². The molecule has 0 amide bonds. The highest BCUT2D eigenvalue weighted by molar-refractivity contribution is 5.69. The summed E-state index contributed by atoms with van der Waals surface area (Å²) in [4.78, 5) is 11.6. The smallest absolute Gasteiger partial charge is 0.278 e. The Morgan fingerprint density at radius 3 is 1.54 bits per heavy atom. The van der Waals surface area contributed by atoms with Gasteiger partial charge in [0.2, 0.25) is 0 Å². The molecule has 0 fully saturated rings. The second-order valence-corrected chi connectivity index (χ2v) is 16.0. The number of anilines is 3. The molecule has 290 valence electrons. The van der Waals surface area contributed by atoms with E-state index in [0.717, 1.165) is 85.3 Å². The minimum absolute atomic E-state index is 0.184. The lowest BCUT2D eigenvalue weighted by molar-refractivity contribution is -0.386. The van der Waals surface area contributed by atoms with Crippen LogP contribution in [-0.4, -0.2) is 36.5 Å². The lowest BCUT2D eigenvalue weighted by Crippen LogP contribution is -2.25. The van der Waals surface area contributed by atoms with Crippen LogP contribution in [0, 0.1) is 37.8 Å². The van der Waals surface area contributed by atoms with Crippen molar-refractivity contribution in [2.75, 3.05) is 16.4 Å². The first-order chi connectivity index (χ1) is 26.6. The average molecular weight is 755 g/mol. The highest BCUT2D eigenvalue weighted by Gasteiger charge is 2.38. The summed E-state index contributed by atoms with van der Waals surface area (Å²) < 4.78 is 12.3. The van der Waals surface area contributed by atoms with Crippen molar-refractivity contribution in [3.05, 3.63) is 128 Å². The van der Waals surface area contributed by atoms with Crippen molar-refractivity contribution >= 4 is 22.7 Å². The van der Waals surface area contributed by atoms with E-state index in [1.54, 1.807) is 19.3 Å². The minimum Gasteiger partial charge on any atom is -0.487 e. The SMILES string of the molecule is Cc1c(C)c([N+](=O)[O-])c(CNc2ccc(-c3ccn[nH]3)cc2)c2c1OC(C)(C)C2.Cc1c(C)c2c(c(CNc3ccc(-c4ccn[nH]4)cc3)c1N)CC(C)(C)O2. The lowest BCUT2D eigenvalue weighted by atomic mass is 9.91. The van der Waals surface area contributed by atoms with Gasteiger partial charge in [-0.25, -0.2) is 0 Å². The summed E-state index contributed by atoms with van der Waals surface area (Å²) in [7, 11) is 0. The van der Waals surface area contributed by atoms with E-state index in [1.165, 1.54) is 5.56 Å². The number of nitrogens with two attached hydrogens (primary N) is 1. The maximum atomic E-state index is 11.9. The largest absolute Gasteiger partial charge is 0.487 e. The molecule has 0 unspecified atom stereocenters. The van der Waals surface area contributed by atoms with Gasteiger partial charge in [0.05, 0.1) is 21.9 Å². The third kappa shape index (κ3) is 7.51. The molecule has 2 aliphatic heterocycles. The zero-order valence-electron chi connectivity index (χ0n) is 33.3. The van der Waals surface area contributed by atoms with Gasteiger partial charge >= 0.3 is 0 Å². The topological polar surface area (TPSA) is 169 Å². The molecule has 0 saturated carbocycles. The monoisotopic (exact) mass is 754 g/mol. The number of benzene rings is 4. The van der Waals surface area contributed by atoms with Crippen LogP contribution in [0.5, 0.6) is 11.5 Å². The van der Waals surface area contributed by atoms with Gasteiger partial charge in [-0.2, -0.15) is 10.2 Å². The first-order valence-electron chi connectivity index (χ1n) is 18.9. The highest BCUT2D eigenvalue weighted by atomic mass is 16.6. The normalized spacial score (nSPS) is 14.5. The van der Waals surface area contributed by atoms with Crippen LogP contribution in [0.15, 0.2) is 73.1 Å². The van der Waals surface area contributed by atoms with Crippen LogP contribution in [0.3, 0.4) is 0 Å². The molecule has 0 saturated heterocycles. The molecule has 0 bridgehead atoms. The van der Waals surface area contributed by atoms with Gasteiger partial charge < -0.3 is 25.8 Å². The molecule has 4 aromatic carbocycles. The van der Waals surface area contributed by atoms with E-state index in [-0.39, 0.29) is 21.8 Å². The molecule has 2 aromatic heterocycles. The van der Waals surface area contributed by atoms with Crippen molar-refractivity contribution in [1.29, 1.82) is 0 Å². The number of aromatic amines is 2. The molecule has 0 spiro atoms. The number of nitro benzene ring substituents is 1. The molecule has 8 rings (SSSR count). The predicted octanol–water partition coefficient (Wildman–Crippen LogP) is 9.53. The van der Waals surface area contributed by atoms with Gasteiger partial charge in [-0.05, 0) is 114 Å². The Morgan fingerprint density at radius 1 is 0.679 bits per heavy atom. The van der Waals surface area contributed by atoms with Crippen molar-refractivity contribution < 1.29 is 14.4 Å². The number of ether oxygens (including phenoxy) is 2. The summed E-state index contributed by atoms with van der Waals surface area (Å²) >= 11 is 0. The number of fused-ring (bicyclic) bond motifs is 2. The van der Waals surface area contributed by atoms with Crippen molar-refractivity contribution in [2.45, 2.75) is 92.5 Å². The summed E-state index contributed by atoms with van der Waals surface area (Å²) in [5.41, 5.74) is 20.8. The van der Waals surface area contributed by atoms with Crippen LogP contribution in [0.2, 0.25) is 0 Å². The summed E-state index contributed by atoms with van der Waals surface area (Å²) in [6.07, 6.45) is 5.00. The van der Waals surface area contributed by atoms with Gasteiger partial charge in [0.25, 0.3) is 5.69 Å². The molecule has 12 heteroatoms. The summed E-state index contributed by atoms with van der Waals surface area (Å²) in [5, 5.41) is 32.6. The van der Waals surface area contributed by atoms with Gasteiger partial charge in [0.15, 0.2) is 0 Å². The molecule has 6 N–H and O–H groups in total. The fourth-order valence-electron chi connectivity index (χ4n) is 7.72. The van der Waals surface area contributed by atoms with Crippen LogP contribution < -0.4 is 25.8 Å². The van der Waals surface area contributed by atoms with Crippen molar-refractivity contribution in [3.63, 3.8) is 0 Å². The van der Waals surface area contributed by atoms with E-state index in [2.05, 4.69) is 83.0 Å². The highest BCUT2D eigenvalue weighted by Crippen LogP contribution is 2.46. The van der Waals surface area contributed by atoms with Crippen LogP contribution in [-0.2, 0) is 25.9 Å². The third-order valence-electron chi connectivity index (χ3n) is 10.9. The fraction of sp³-hybridized carbons (Fsp3) is 0.318. The molecular formula is C44H50N8O4. The lowest BCUT2D eigenvalue weighted by Gasteiger charge is -2.19. The van der Waals surface area contributed by atoms with E-state index in [1.807, 2.05) is 57.2 Å². The van der Waals surface area contributed by atoms with Gasteiger partial charge in [-0.3, -0.25) is 20.3 Å². The fourth-order valence-corrected chi connectivity index (χ4v) is 7.72. The maximum absolute atomic E-state index is 11.9. The Hall–Kier alpha value is -6.30. The average Bonchev–Trinajstić information content (AvgIpc) is 3.99. The number of hydrogen-bond donors (Lipinski definition) is 5. The Kier molecular flexibility index (Phi) is 10.0. The zero-order valence-corrected chi connectivity index (χ0v) is 33.3. The molecule has 6 aromatic rings. The van der Waals surface area contributed by atoms with E-state index >= 15 is 0 Å². The second kappa shape index (κ2) is 14.7. The molecular weight excluding hydrogens is 705 g/mol. The first-order valence-corrected chi connectivity index (χ1v) is 18.9. The van der Waals surface area contributed by atoms with E-state index in [0.29, 0.717) is 30.6 Å². The summed E-state index contributed by atoms with van der Waals surface area (Å²) in [6, 6.07) is 20.1. The van der Waals surface area contributed by atoms with Crippen LogP contribution in [0.4, 0.5) is 22.7 Å². The molecule has 2 aliphatic rings. The van der Waals surface area contributed by atoms with Gasteiger partial charge in [0.1, 0.15) is 22.7 Å². The van der Waals surface area contributed by atoms with Gasteiger partial charge in [0, 0.05) is 83.2 Å². The number of H-pyrrole nitrogens is 2. The maximum Gasteiger partial charge on any atom is 0.278 e. The Labute approximate surface area is 327 Å². The predicted molar refractivity (Wildman–Crippen MR) is 222 cm³/mol. The zero-order chi connectivity index (χ0) is 39.9. The summed E-state index contributed by atoms with van der Waals surface area (Å²) in [6.45, 7) is 17.2. The van der Waals surface area contributed by atoms with Crippen molar-refractivity contribution in [3.8, 4) is 34.0 Å². The Balaban J connectivity index is 0.000000172. The number of nitrogen functional groups attached to an aromatic ring is 1. The standard InChI is InChI=1S/C22H24N4O3.C22H26N4O/c1-13-14(2)21-17(11-22(3,4)29-21)18(20(13)26(27)28)12-23-16-7-5-15(6-8-16)19-9-10-24-25-19;1-13-14(2)21-17(11-22(3,4)27-21)18(20(13)23)12-24-16-7-5-15(6-8-16)19-9-10-25-26-19/h5-10,23H,11-12H2,1-4H3,(H,24,25);5-10,24H,11-12,23H2,1-4H3,(H,25,26). The van der Waals surface area contributed by atoms with Crippen LogP contribution in [0.1, 0.15) is 72.2 Å². The van der Waals surface area contributed by atoms with Crippen LogP contribution >= 0.6 is 0 Å². The number of nitrogens with one attached hydrogen (secondary N) is 4. The molecule has 56 heavy (non-hydrogen) atoms. The van der Waals surface area contributed by atoms with Crippen molar-refractivity contribution in [1.82, 2.24) is 20.4 Å².